The van der Waals surface area contributed by atoms with Crippen molar-refractivity contribution in [1.29, 1.82) is 0 Å². The highest BCUT2D eigenvalue weighted by molar-refractivity contribution is 5.98. The Hall–Kier alpha value is -1.59. The summed E-state index contributed by atoms with van der Waals surface area (Å²) in [7, 11) is 0. The van der Waals surface area contributed by atoms with E-state index in [0.29, 0.717) is 17.4 Å². The SMILES string of the molecule is Cc1ccccc1C(=O)NC(C(=O)N1C[C@H]2CNC[C@H]2C1)C(C)C.Cl. The van der Waals surface area contributed by atoms with Crippen molar-refractivity contribution in [2.24, 2.45) is 17.8 Å². The minimum atomic E-state index is -0.469. The molecular formula is C19H28ClN3O2. The summed E-state index contributed by atoms with van der Waals surface area (Å²) in [6, 6.07) is 7.01. The van der Waals surface area contributed by atoms with Gasteiger partial charge in [-0.1, -0.05) is 32.0 Å². The molecule has 2 heterocycles. The number of fused-ring (bicyclic) bond motifs is 1. The molecule has 0 spiro atoms. The summed E-state index contributed by atoms with van der Waals surface area (Å²) in [5.41, 5.74) is 1.56. The van der Waals surface area contributed by atoms with Gasteiger partial charge in [0, 0.05) is 31.7 Å². The summed E-state index contributed by atoms with van der Waals surface area (Å²) >= 11 is 0. The fraction of sp³-hybridized carbons (Fsp3) is 0.579. The first-order chi connectivity index (χ1) is 11.5. The predicted octanol–water partition coefficient (Wildman–Crippen LogP) is 1.85. The monoisotopic (exact) mass is 365 g/mol. The largest absolute Gasteiger partial charge is 0.340 e. The molecule has 3 atom stereocenters. The lowest BCUT2D eigenvalue weighted by Gasteiger charge is -2.27. The zero-order chi connectivity index (χ0) is 17.3. The molecule has 2 amide bonds. The fourth-order valence-electron chi connectivity index (χ4n) is 3.79. The molecule has 2 saturated heterocycles. The van der Waals surface area contributed by atoms with E-state index in [2.05, 4.69) is 10.6 Å². The van der Waals surface area contributed by atoms with E-state index < -0.39 is 6.04 Å². The van der Waals surface area contributed by atoms with Gasteiger partial charge in [0.1, 0.15) is 6.04 Å². The topological polar surface area (TPSA) is 61.4 Å². The van der Waals surface area contributed by atoms with E-state index in [0.717, 1.165) is 31.7 Å². The van der Waals surface area contributed by atoms with Gasteiger partial charge >= 0.3 is 0 Å². The molecule has 5 nitrogen and oxygen atoms in total. The average Bonchev–Trinajstić information content (AvgIpc) is 3.13. The normalized spacial score (nSPS) is 23.1. The average molecular weight is 366 g/mol. The summed E-state index contributed by atoms with van der Waals surface area (Å²) in [6.45, 7) is 9.49. The third kappa shape index (κ3) is 4.15. The van der Waals surface area contributed by atoms with Crippen molar-refractivity contribution >= 4 is 24.2 Å². The molecule has 2 fully saturated rings. The molecule has 2 aliphatic rings. The number of hydrogen-bond acceptors (Lipinski definition) is 3. The number of halogens is 1. The van der Waals surface area contributed by atoms with Gasteiger partial charge in [0.05, 0.1) is 0 Å². The Balaban J connectivity index is 0.00000225. The molecule has 1 aromatic rings. The second-order valence-electron chi connectivity index (χ2n) is 7.43. The lowest BCUT2D eigenvalue weighted by atomic mass is 10.0. The second kappa shape index (κ2) is 8.19. The van der Waals surface area contributed by atoms with Crippen molar-refractivity contribution < 1.29 is 9.59 Å². The molecule has 2 N–H and O–H groups in total. The molecule has 2 aliphatic heterocycles. The lowest BCUT2D eigenvalue weighted by Crippen LogP contribution is -2.51. The van der Waals surface area contributed by atoms with Crippen LogP contribution >= 0.6 is 12.4 Å². The Morgan fingerprint density at radius 3 is 2.32 bits per heavy atom. The Bertz CT molecular complexity index is 623. The number of hydrogen-bond donors (Lipinski definition) is 2. The van der Waals surface area contributed by atoms with Crippen LogP contribution in [0, 0.1) is 24.7 Å². The highest BCUT2D eigenvalue weighted by atomic mass is 35.5. The maximum absolute atomic E-state index is 13.0. The van der Waals surface area contributed by atoms with Crippen LogP contribution in [0.25, 0.3) is 0 Å². The standard InChI is InChI=1S/C19H27N3O2.ClH/c1-12(2)17(21-18(23)16-7-5-4-6-13(16)3)19(24)22-10-14-8-20-9-15(14)11-22;/h4-7,12,14-15,17,20H,8-11H2,1-3H3,(H,21,23);1H/t14-,15+,17?;. The number of carbonyl (C=O) groups is 2. The van der Waals surface area contributed by atoms with E-state index in [-0.39, 0.29) is 30.1 Å². The molecule has 6 heteroatoms. The zero-order valence-electron chi connectivity index (χ0n) is 15.1. The van der Waals surface area contributed by atoms with Crippen LogP contribution in [0.4, 0.5) is 0 Å². The first-order valence-electron chi connectivity index (χ1n) is 8.83. The van der Waals surface area contributed by atoms with Gasteiger partial charge < -0.3 is 15.5 Å². The summed E-state index contributed by atoms with van der Waals surface area (Å²) < 4.78 is 0. The number of benzene rings is 1. The summed E-state index contributed by atoms with van der Waals surface area (Å²) in [5.74, 6) is 1.08. The number of aryl methyl sites for hydroxylation is 1. The Kier molecular flexibility index (Phi) is 6.47. The number of nitrogens with zero attached hydrogens (tertiary/aromatic N) is 1. The number of nitrogens with one attached hydrogen (secondary N) is 2. The number of amides is 2. The van der Waals surface area contributed by atoms with Crippen LogP contribution in [0.2, 0.25) is 0 Å². The van der Waals surface area contributed by atoms with Crippen LogP contribution in [-0.2, 0) is 4.79 Å². The second-order valence-corrected chi connectivity index (χ2v) is 7.43. The van der Waals surface area contributed by atoms with E-state index >= 15 is 0 Å². The fourth-order valence-corrected chi connectivity index (χ4v) is 3.79. The predicted molar refractivity (Wildman–Crippen MR) is 101 cm³/mol. The maximum Gasteiger partial charge on any atom is 0.252 e. The highest BCUT2D eigenvalue weighted by Gasteiger charge is 2.40. The minimum Gasteiger partial charge on any atom is -0.340 e. The van der Waals surface area contributed by atoms with Crippen LogP contribution in [0.1, 0.15) is 29.8 Å². The first-order valence-corrected chi connectivity index (χ1v) is 8.83. The molecule has 0 radical (unpaired) electrons. The third-order valence-electron chi connectivity index (χ3n) is 5.31. The van der Waals surface area contributed by atoms with Crippen LogP contribution in [-0.4, -0.2) is 48.9 Å². The highest BCUT2D eigenvalue weighted by Crippen LogP contribution is 2.27. The van der Waals surface area contributed by atoms with Crippen LogP contribution in [0.15, 0.2) is 24.3 Å². The molecule has 0 saturated carbocycles. The molecule has 0 aromatic heterocycles. The van der Waals surface area contributed by atoms with Gasteiger partial charge in [0.25, 0.3) is 5.91 Å². The van der Waals surface area contributed by atoms with Crippen molar-refractivity contribution in [2.75, 3.05) is 26.2 Å². The van der Waals surface area contributed by atoms with Crippen LogP contribution in [0.3, 0.4) is 0 Å². The van der Waals surface area contributed by atoms with Crippen molar-refractivity contribution in [3.05, 3.63) is 35.4 Å². The summed E-state index contributed by atoms with van der Waals surface area (Å²) in [6.07, 6.45) is 0. The molecule has 0 aliphatic carbocycles. The molecule has 3 rings (SSSR count). The van der Waals surface area contributed by atoms with Gasteiger partial charge in [-0.3, -0.25) is 9.59 Å². The van der Waals surface area contributed by atoms with E-state index in [1.807, 2.05) is 43.9 Å². The van der Waals surface area contributed by atoms with E-state index in [4.69, 9.17) is 0 Å². The van der Waals surface area contributed by atoms with E-state index in [9.17, 15) is 9.59 Å². The van der Waals surface area contributed by atoms with Gasteiger partial charge in [-0.2, -0.15) is 0 Å². The van der Waals surface area contributed by atoms with Gasteiger partial charge in [0.2, 0.25) is 5.91 Å². The van der Waals surface area contributed by atoms with Crippen LogP contribution < -0.4 is 10.6 Å². The van der Waals surface area contributed by atoms with Gasteiger partial charge in [-0.25, -0.2) is 0 Å². The molecular weight excluding hydrogens is 338 g/mol. The third-order valence-corrected chi connectivity index (χ3v) is 5.31. The Labute approximate surface area is 155 Å². The minimum absolute atomic E-state index is 0. The van der Waals surface area contributed by atoms with Gasteiger partial charge in [0.15, 0.2) is 0 Å². The van der Waals surface area contributed by atoms with Crippen molar-refractivity contribution in [1.82, 2.24) is 15.5 Å². The quantitative estimate of drug-likeness (QED) is 0.856. The lowest BCUT2D eigenvalue weighted by molar-refractivity contribution is -0.133. The molecule has 1 aromatic carbocycles. The van der Waals surface area contributed by atoms with Crippen molar-refractivity contribution in [2.45, 2.75) is 26.8 Å². The number of carbonyl (C=O) groups excluding carboxylic acids is 2. The zero-order valence-corrected chi connectivity index (χ0v) is 15.9. The van der Waals surface area contributed by atoms with Crippen molar-refractivity contribution in [3.63, 3.8) is 0 Å². The smallest absolute Gasteiger partial charge is 0.252 e. The van der Waals surface area contributed by atoms with Gasteiger partial charge in [-0.05, 0) is 36.3 Å². The summed E-state index contributed by atoms with van der Waals surface area (Å²) in [5, 5.41) is 6.36. The number of rotatable bonds is 4. The van der Waals surface area contributed by atoms with E-state index in [1.54, 1.807) is 6.07 Å². The molecule has 1 unspecified atom stereocenters. The van der Waals surface area contributed by atoms with E-state index in [1.165, 1.54) is 0 Å². The van der Waals surface area contributed by atoms with Gasteiger partial charge in [-0.15, -0.1) is 12.4 Å². The van der Waals surface area contributed by atoms with Crippen LogP contribution in [0.5, 0.6) is 0 Å². The Morgan fingerprint density at radius 1 is 1.16 bits per heavy atom. The molecule has 0 bridgehead atoms. The summed E-state index contributed by atoms with van der Waals surface area (Å²) in [4.78, 5) is 27.5. The molecule has 138 valence electrons. The van der Waals surface area contributed by atoms with Crippen molar-refractivity contribution in [3.8, 4) is 0 Å². The molecule has 25 heavy (non-hydrogen) atoms. The number of likely N-dealkylation sites (tertiary alicyclic amines) is 1. The first kappa shape index (κ1) is 19.7. The maximum atomic E-state index is 13.0. The Morgan fingerprint density at radius 2 is 1.76 bits per heavy atom.